The number of fused-ring (bicyclic) bond motifs is 1. The molecule has 1 aromatic carbocycles. The van der Waals surface area contributed by atoms with Gasteiger partial charge in [-0.1, -0.05) is 18.5 Å². The van der Waals surface area contributed by atoms with Gasteiger partial charge in [0.05, 0.1) is 16.7 Å². The highest BCUT2D eigenvalue weighted by molar-refractivity contribution is 6.35. The van der Waals surface area contributed by atoms with E-state index in [9.17, 15) is 13.2 Å². The van der Waals surface area contributed by atoms with Crippen LogP contribution in [0.2, 0.25) is 5.02 Å². The molecule has 2 aromatic rings. The van der Waals surface area contributed by atoms with Crippen molar-refractivity contribution in [2.45, 2.75) is 32.0 Å². The molecule has 1 aliphatic rings. The van der Waals surface area contributed by atoms with E-state index in [2.05, 4.69) is 12.0 Å². The molecule has 3 rings (SSSR count). The smallest absolute Gasteiger partial charge is 0.256 e. The molecule has 0 bridgehead atoms. The van der Waals surface area contributed by atoms with Gasteiger partial charge in [-0.25, -0.2) is 0 Å². The van der Waals surface area contributed by atoms with Crippen LogP contribution in [0.3, 0.4) is 0 Å². The van der Waals surface area contributed by atoms with E-state index in [1.807, 2.05) is 6.07 Å². The maximum Gasteiger partial charge on any atom is 0.408 e. The van der Waals surface area contributed by atoms with Gasteiger partial charge in [0.15, 0.2) is 0 Å². The Hall–Kier alpha value is -1.23. The Morgan fingerprint density at radius 1 is 1.42 bits per heavy atom. The van der Waals surface area contributed by atoms with Gasteiger partial charge in [0.2, 0.25) is 0 Å². The van der Waals surface area contributed by atoms with Gasteiger partial charge in [-0.3, -0.25) is 4.68 Å². The Morgan fingerprint density at radius 3 is 2.68 bits per heavy atom. The van der Waals surface area contributed by atoms with Crippen LogP contribution in [0, 0.1) is 5.92 Å². The highest BCUT2D eigenvalue weighted by Gasteiger charge is 2.35. The predicted molar refractivity (Wildman–Crippen MR) is 67.3 cm³/mol. The van der Waals surface area contributed by atoms with Gasteiger partial charge in [-0.2, -0.15) is 18.3 Å². The summed E-state index contributed by atoms with van der Waals surface area (Å²) in [5, 5.41) is 4.84. The van der Waals surface area contributed by atoms with Crippen LogP contribution in [0.15, 0.2) is 18.3 Å². The molecule has 2 nitrogen and oxygen atoms in total. The summed E-state index contributed by atoms with van der Waals surface area (Å²) >= 11 is 6.13. The van der Waals surface area contributed by atoms with Crippen LogP contribution in [0.25, 0.3) is 10.9 Å². The fourth-order valence-corrected chi connectivity index (χ4v) is 2.72. The van der Waals surface area contributed by atoms with Crippen LogP contribution < -0.4 is 0 Å². The summed E-state index contributed by atoms with van der Waals surface area (Å²) in [4.78, 5) is 0. The molecule has 0 N–H and O–H groups in total. The fraction of sp³-hybridized carbons (Fsp3) is 0.462. The molecule has 1 heterocycles. The Bertz CT molecular complexity index is 633. The van der Waals surface area contributed by atoms with Crippen LogP contribution in [-0.4, -0.2) is 16.0 Å². The lowest BCUT2D eigenvalue weighted by Gasteiger charge is -2.09. The molecule has 1 aromatic heterocycles. The molecule has 0 spiro atoms. The van der Waals surface area contributed by atoms with E-state index in [0.717, 1.165) is 16.7 Å². The molecule has 2 atom stereocenters. The fourth-order valence-electron chi connectivity index (χ4n) is 2.45. The van der Waals surface area contributed by atoms with Crippen molar-refractivity contribution in [3.8, 4) is 0 Å². The number of halogens is 4. The zero-order chi connectivity index (χ0) is 13.8. The number of benzene rings is 1. The molecular formula is C13H12ClF3N2. The highest BCUT2D eigenvalue weighted by atomic mass is 35.5. The maximum absolute atomic E-state index is 12.5. The summed E-state index contributed by atoms with van der Waals surface area (Å²) in [5.74, 6) is 0.989. The van der Waals surface area contributed by atoms with E-state index >= 15 is 0 Å². The summed E-state index contributed by atoms with van der Waals surface area (Å²) in [7, 11) is 0. The normalized spacial score (nSPS) is 23.0. The van der Waals surface area contributed by atoms with Crippen molar-refractivity contribution in [2.24, 2.45) is 5.92 Å². The second-order valence-electron chi connectivity index (χ2n) is 5.17. The van der Waals surface area contributed by atoms with Crippen molar-refractivity contribution in [2.75, 3.05) is 0 Å². The molecule has 0 amide bonds. The van der Waals surface area contributed by atoms with Crippen LogP contribution in [-0.2, 0) is 6.54 Å². The SMILES string of the molecule is C[C@H]1C[C@@H]1c1cc(Cl)c2cnn(CC(F)(F)F)c2c1. The first-order valence-electron chi connectivity index (χ1n) is 6.07. The Balaban J connectivity index is 2.07. The molecule has 102 valence electrons. The third-order valence-corrected chi connectivity index (χ3v) is 3.91. The highest BCUT2D eigenvalue weighted by Crippen LogP contribution is 2.48. The number of hydrogen-bond donors (Lipinski definition) is 0. The van der Waals surface area contributed by atoms with Crippen LogP contribution in [0.4, 0.5) is 13.2 Å². The number of rotatable bonds is 2. The quantitative estimate of drug-likeness (QED) is 0.802. The van der Waals surface area contributed by atoms with Gasteiger partial charge in [-0.15, -0.1) is 0 Å². The molecular weight excluding hydrogens is 277 g/mol. The van der Waals surface area contributed by atoms with E-state index < -0.39 is 12.7 Å². The number of nitrogens with zero attached hydrogens (tertiary/aromatic N) is 2. The van der Waals surface area contributed by atoms with E-state index in [1.54, 1.807) is 6.07 Å². The Labute approximate surface area is 113 Å². The molecule has 0 saturated heterocycles. The van der Waals surface area contributed by atoms with Crippen molar-refractivity contribution < 1.29 is 13.2 Å². The van der Waals surface area contributed by atoms with Crippen molar-refractivity contribution in [1.29, 1.82) is 0 Å². The first-order valence-corrected chi connectivity index (χ1v) is 6.44. The topological polar surface area (TPSA) is 17.8 Å². The average molecular weight is 289 g/mol. The van der Waals surface area contributed by atoms with Crippen molar-refractivity contribution in [3.63, 3.8) is 0 Å². The second-order valence-corrected chi connectivity index (χ2v) is 5.58. The molecule has 1 fully saturated rings. The zero-order valence-electron chi connectivity index (χ0n) is 10.2. The first-order chi connectivity index (χ1) is 8.85. The summed E-state index contributed by atoms with van der Waals surface area (Å²) < 4.78 is 38.4. The minimum Gasteiger partial charge on any atom is -0.256 e. The van der Waals surface area contributed by atoms with Crippen LogP contribution in [0.1, 0.15) is 24.8 Å². The summed E-state index contributed by atoms with van der Waals surface area (Å²) in [6.45, 7) is 1.03. The van der Waals surface area contributed by atoms with Crippen molar-refractivity contribution in [3.05, 3.63) is 28.9 Å². The van der Waals surface area contributed by atoms with E-state index in [1.165, 1.54) is 6.20 Å². The monoisotopic (exact) mass is 288 g/mol. The maximum atomic E-state index is 12.5. The van der Waals surface area contributed by atoms with Gasteiger partial charge >= 0.3 is 6.18 Å². The van der Waals surface area contributed by atoms with Crippen molar-refractivity contribution in [1.82, 2.24) is 9.78 Å². The predicted octanol–water partition coefficient (Wildman–Crippen LogP) is 4.38. The number of aromatic nitrogens is 2. The van der Waals surface area contributed by atoms with Gasteiger partial charge in [0.25, 0.3) is 0 Å². The summed E-state index contributed by atoms with van der Waals surface area (Å²) in [6, 6.07) is 3.63. The van der Waals surface area contributed by atoms with E-state index in [0.29, 0.717) is 27.8 Å². The van der Waals surface area contributed by atoms with Crippen LogP contribution in [0.5, 0.6) is 0 Å². The standard InChI is InChI=1S/C13H12ClF3N2/c1-7-2-9(7)8-3-11(14)10-5-18-19(12(10)4-8)6-13(15,16)17/h3-5,7,9H,2,6H2,1H3/t7-,9-/m0/s1. The Morgan fingerprint density at radius 2 is 2.11 bits per heavy atom. The molecule has 0 radical (unpaired) electrons. The van der Waals surface area contributed by atoms with Gasteiger partial charge < -0.3 is 0 Å². The van der Waals surface area contributed by atoms with E-state index in [4.69, 9.17) is 11.6 Å². The average Bonchev–Trinajstić information content (AvgIpc) is 2.88. The van der Waals surface area contributed by atoms with Gasteiger partial charge in [0, 0.05) is 5.39 Å². The van der Waals surface area contributed by atoms with Gasteiger partial charge in [-0.05, 0) is 36.0 Å². The molecule has 1 aliphatic carbocycles. The first kappa shape index (κ1) is 12.8. The molecule has 0 aliphatic heterocycles. The minimum atomic E-state index is -4.28. The lowest BCUT2D eigenvalue weighted by molar-refractivity contribution is -0.141. The summed E-state index contributed by atoms with van der Waals surface area (Å²) in [6.07, 6.45) is -1.83. The van der Waals surface area contributed by atoms with Crippen molar-refractivity contribution >= 4 is 22.5 Å². The molecule has 6 heteroatoms. The minimum absolute atomic E-state index is 0.413. The van der Waals surface area contributed by atoms with E-state index in [-0.39, 0.29) is 0 Å². The third-order valence-electron chi connectivity index (χ3n) is 3.60. The zero-order valence-corrected chi connectivity index (χ0v) is 11.0. The lowest BCUT2D eigenvalue weighted by Crippen LogP contribution is -2.18. The number of hydrogen-bond acceptors (Lipinski definition) is 1. The molecule has 19 heavy (non-hydrogen) atoms. The van der Waals surface area contributed by atoms with Gasteiger partial charge in [0.1, 0.15) is 6.54 Å². The lowest BCUT2D eigenvalue weighted by atomic mass is 10.1. The third kappa shape index (κ3) is 2.43. The molecule has 1 saturated carbocycles. The second kappa shape index (κ2) is 4.13. The van der Waals surface area contributed by atoms with Crippen LogP contribution >= 0.6 is 11.6 Å². The largest absolute Gasteiger partial charge is 0.408 e. The molecule has 0 unspecified atom stereocenters. The Kier molecular flexibility index (Phi) is 2.78. The summed E-state index contributed by atoms with van der Waals surface area (Å²) in [5.41, 5.74) is 1.47. The number of alkyl halides is 3.